The van der Waals surface area contributed by atoms with Gasteiger partial charge in [-0.3, -0.25) is 9.59 Å². The van der Waals surface area contributed by atoms with E-state index in [1.165, 1.54) is 6.07 Å². The highest BCUT2D eigenvalue weighted by Crippen LogP contribution is 2.24. The number of carbonyl (C=O) groups excluding carboxylic acids is 1. The minimum atomic E-state index is -0.784. The highest BCUT2D eigenvalue weighted by molar-refractivity contribution is 5.95. The average molecular weight is 291 g/mol. The number of rotatable bonds is 4. The van der Waals surface area contributed by atoms with Gasteiger partial charge in [-0.05, 0) is 55.9 Å². The topological polar surface area (TPSA) is 77.8 Å². The van der Waals surface area contributed by atoms with Crippen molar-refractivity contribution in [1.29, 1.82) is 0 Å². The van der Waals surface area contributed by atoms with Crippen LogP contribution in [-0.2, 0) is 4.79 Å². The molecular formula is C16H21NO4. The molecular weight excluding hydrogens is 270 g/mol. The maximum atomic E-state index is 12.5. The number of hydrogen-bond donors (Lipinski definition) is 2. The Hall–Kier alpha value is -2.04. The Morgan fingerprint density at radius 3 is 2.81 bits per heavy atom. The van der Waals surface area contributed by atoms with E-state index in [1.807, 2.05) is 0 Å². The van der Waals surface area contributed by atoms with Gasteiger partial charge in [-0.2, -0.15) is 0 Å². The van der Waals surface area contributed by atoms with Crippen molar-refractivity contribution >= 4 is 11.9 Å². The van der Waals surface area contributed by atoms with E-state index < -0.39 is 5.97 Å². The normalized spacial score (nSPS) is 18.5. The highest BCUT2D eigenvalue weighted by Gasteiger charge is 2.25. The van der Waals surface area contributed by atoms with Crippen LogP contribution in [0.5, 0.6) is 5.75 Å². The van der Waals surface area contributed by atoms with Crippen molar-refractivity contribution in [2.24, 2.45) is 5.92 Å². The number of piperidine rings is 1. The van der Waals surface area contributed by atoms with Crippen molar-refractivity contribution < 1.29 is 19.8 Å². The Morgan fingerprint density at radius 1 is 1.38 bits per heavy atom. The molecule has 1 aromatic carbocycles. The number of carboxylic acids is 1. The first-order valence-electron chi connectivity index (χ1n) is 7.28. The monoisotopic (exact) mass is 291 g/mol. The van der Waals surface area contributed by atoms with E-state index in [2.05, 4.69) is 0 Å². The van der Waals surface area contributed by atoms with Crippen molar-refractivity contribution in [1.82, 2.24) is 4.90 Å². The maximum Gasteiger partial charge on any atom is 0.303 e. The number of amides is 1. The van der Waals surface area contributed by atoms with Crippen LogP contribution in [0.2, 0.25) is 0 Å². The second-order valence-electron chi connectivity index (χ2n) is 5.69. The molecule has 0 spiro atoms. The van der Waals surface area contributed by atoms with Crippen molar-refractivity contribution in [2.45, 2.75) is 32.6 Å². The molecule has 5 heteroatoms. The Balaban J connectivity index is 2.03. The first-order chi connectivity index (χ1) is 9.97. The van der Waals surface area contributed by atoms with E-state index in [0.29, 0.717) is 25.1 Å². The molecule has 21 heavy (non-hydrogen) atoms. The number of hydrogen-bond acceptors (Lipinski definition) is 3. The molecule has 1 unspecified atom stereocenters. The molecule has 0 aliphatic carbocycles. The lowest BCUT2D eigenvalue weighted by molar-refractivity contribution is -0.137. The molecule has 1 amide bonds. The molecule has 2 N–H and O–H groups in total. The molecule has 1 saturated heterocycles. The lowest BCUT2D eigenvalue weighted by atomic mass is 9.92. The Labute approximate surface area is 124 Å². The summed E-state index contributed by atoms with van der Waals surface area (Å²) in [4.78, 5) is 25.0. The number of aryl methyl sites for hydroxylation is 1. The summed E-state index contributed by atoms with van der Waals surface area (Å²) in [5.74, 6) is -0.404. The third-order valence-corrected chi connectivity index (χ3v) is 4.01. The van der Waals surface area contributed by atoms with Gasteiger partial charge in [-0.15, -0.1) is 0 Å². The van der Waals surface area contributed by atoms with Gasteiger partial charge in [-0.1, -0.05) is 0 Å². The highest BCUT2D eigenvalue weighted by atomic mass is 16.4. The molecule has 0 aromatic heterocycles. The summed E-state index contributed by atoms with van der Waals surface area (Å²) >= 11 is 0. The summed E-state index contributed by atoms with van der Waals surface area (Å²) in [5.41, 5.74) is 1.36. The first kappa shape index (κ1) is 15.4. The van der Waals surface area contributed by atoms with E-state index >= 15 is 0 Å². The van der Waals surface area contributed by atoms with Crippen molar-refractivity contribution in [3.05, 3.63) is 29.3 Å². The molecule has 1 atom stereocenters. The zero-order valence-electron chi connectivity index (χ0n) is 12.2. The van der Waals surface area contributed by atoms with Gasteiger partial charge >= 0.3 is 5.97 Å². The summed E-state index contributed by atoms with van der Waals surface area (Å²) in [5, 5.41) is 18.2. The van der Waals surface area contributed by atoms with Gasteiger partial charge < -0.3 is 15.1 Å². The number of carbonyl (C=O) groups is 2. The molecule has 1 aliphatic heterocycles. The molecule has 1 aliphatic rings. The fourth-order valence-electron chi connectivity index (χ4n) is 2.87. The number of aromatic hydroxyl groups is 1. The van der Waals surface area contributed by atoms with Crippen molar-refractivity contribution in [3.63, 3.8) is 0 Å². The largest absolute Gasteiger partial charge is 0.508 e. The first-order valence-corrected chi connectivity index (χ1v) is 7.28. The quantitative estimate of drug-likeness (QED) is 0.893. The third-order valence-electron chi connectivity index (χ3n) is 4.01. The molecule has 1 fully saturated rings. The Morgan fingerprint density at radius 2 is 2.14 bits per heavy atom. The number of phenols is 1. The number of carboxylic acid groups (broad SMARTS) is 1. The van der Waals surface area contributed by atoms with Gasteiger partial charge in [0.25, 0.3) is 5.91 Å². The fraction of sp³-hybridized carbons (Fsp3) is 0.500. The second kappa shape index (κ2) is 6.61. The van der Waals surface area contributed by atoms with Gasteiger partial charge in [0.1, 0.15) is 5.75 Å². The van der Waals surface area contributed by atoms with Crippen LogP contribution >= 0.6 is 0 Å². The van der Waals surface area contributed by atoms with Crippen LogP contribution in [0.1, 0.15) is 41.6 Å². The van der Waals surface area contributed by atoms with Crippen molar-refractivity contribution in [3.8, 4) is 5.75 Å². The maximum absolute atomic E-state index is 12.5. The van der Waals surface area contributed by atoms with E-state index in [0.717, 1.165) is 18.4 Å². The minimum Gasteiger partial charge on any atom is -0.508 e. The third kappa shape index (κ3) is 3.97. The van der Waals surface area contributed by atoms with E-state index in [4.69, 9.17) is 5.11 Å². The molecule has 0 saturated carbocycles. The van der Waals surface area contributed by atoms with E-state index in [-0.39, 0.29) is 24.0 Å². The van der Waals surface area contributed by atoms with E-state index in [1.54, 1.807) is 24.0 Å². The summed E-state index contributed by atoms with van der Waals surface area (Å²) in [6, 6.07) is 4.75. The molecule has 1 heterocycles. The minimum absolute atomic E-state index is 0.0347. The van der Waals surface area contributed by atoms with Crippen LogP contribution in [-0.4, -0.2) is 40.1 Å². The zero-order valence-corrected chi connectivity index (χ0v) is 12.2. The number of likely N-dealkylation sites (tertiary alicyclic amines) is 1. The second-order valence-corrected chi connectivity index (χ2v) is 5.69. The van der Waals surface area contributed by atoms with E-state index in [9.17, 15) is 14.7 Å². The van der Waals surface area contributed by atoms with Crippen LogP contribution in [0.15, 0.2) is 18.2 Å². The SMILES string of the molecule is Cc1cc(O)ccc1C(=O)N1CCCC(CCC(=O)O)C1. The predicted molar refractivity (Wildman–Crippen MR) is 78.3 cm³/mol. The Kier molecular flexibility index (Phi) is 4.83. The van der Waals surface area contributed by atoms with Gasteiger partial charge in [-0.25, -0.2) is 0 Å². The summed E-state index contributed by atoms with van der Waals surface area (Å²) in [7, 11) is 0. The van der Waals surface area contributed by atoms with Gasteiger partial charge in [0, 0.05) is 25.1 Å². The number of benzene rings is 1. The summed E-state index contributed by atoms with van der Waals surface area (Å²) in [6.07, 6.45) is 2.66. The number of aliphatic carboxylic acids is 1. The molecule has 0 radical (unpaired) electrons. The lowest BCUT2D eigenvalue weighted by Crippen LogP contribution is -2.40. The van der Waals surface area contributed by atoms with Crippen LogP contribution in [0.4, 0.5) is 0 Å². The lowest BCUT2D eigenvalue weighted by Gasteiger charge is -2.33. The molecule has 1 aromatic rings. The molecule has 2 rings (SSSR count). The van der Waals surface area contributed by atoms with Crippen LogP contribution in [0, 0.1) is 12.8 Å². The molecule has 114 valence electrons. The predicted octanol–water partition coefficient (Wildman–Crippen LogP) is 2.42. The van der Waals surface area contributed by atoms with Gasteiger partial charge in [0.05, 0.1) is 0 Å². The molecule has 0 bridgehead atoms. The van der Waals surface area contributed by atoms with Gasteiger partial charge in [0.2, 0.25) is 0 Å². The summed E-state index contributed by atoms with van der Waals surface area (Å²) < 4.78 is 0. The van der Waals surface area contributed by atoms with Crippen molar-refractivity contribution in [2.75, 3.05) is 13.1 Å². The number of nitrogens with zero attached hydrogens (tertiary/aromatic N) is 1. The molecule has 5 nitrogen and oxygen atoms in total. The standard InChI is InChI=1S/C16H21NO4/c1-11-9-13(18)5-6-14(11)16(21)17-8-2-3-12(10-17)4-7-15(19)20/h5-6,9,12,18H,2-4,7-8,10H2,1H3,(H,19,20). The van der Waals surface area contributed by atoms with Crippen LogP contribution < -0.4 is 0 Å². The fourth-order valence-corrected chi connectivity index (χ4v) is 2.87. The van der Waals surface area contributed by atoms with Crippen LogP contribution in [0.25, 0.3) is 0 Å². The van der Waals surface area contributed by atoms with Gasteiger partial charge in [0.15, 0.2) is 0 Å². The summed E-state index contributed by atoms with van der Waals surface area (Å²) in [6.45, 7) is 3.13. The average Bonchev–Trinajstić information content (AvgIpc) is 2.45. The smallest absolute Gasteiger partial charge is 0.303 e. The zero-order chi connectivity index (χ0) is 15.4. The number of phenolic OH excluding ortho intramolecular Hbond substituents is 1. The Bertz CT molecular complexity index is 541. The van der Waals surface area contributed by atoms with Crippen LogP contribution in [0.3, 0.4) is 0 Å².